The van der Waals surface area contributed by atoms with Crippen molar-refractivity contribution >= 4 is 16.7 Å². The van der Waals surface area contributed by atoms with E-state index in [1.54, 1.807) is 0 Å². The number of rotatable bonds is 1. The second-order valence-corrected chi connectivity index (χ2v) is 5.83. The van der Waals surface area contributed by atoms with Gasteiger partial charge in [0.25, 0.3) is 0 Å². The average Bonchev–Trinajstić information content (AvgIpc) is 2.97. The molecule has 1 atom stereocenters. The summed E-state index contributed by atoms with van der Waals surface area (Å²) >= 11 is 0. The first-order chi connectivity index (χ1) is 11.2. The number of H-pyrrole nitrogens is 1. The molecule has 0 spiro atoms. The van der Waals surface area contributed by atoms with Crippen LogP contribution in [0, 0.1) is 11.3 Å². The molecule has 1 aliphatic heterocycles. The van der Waals surface area contributed by atoms with E-state index in [1.165, 1.54) is 0 Å². The van der Waals surface area contributed by atoms with Crippen LogP contribution in [-0.4, -0.2) is 10.8 Å². The molecule has 0 amide bonds. The fourth-order valence-corrected chi connectivity index (χ4v) is 3.50. The molecule has 0 bridgehead atoms. The minimum atomic E-state index is -0.451. The maximum atomic E-state index is 12.5. The van der Waals surface area contributed by atoms with Gasteiger partial charge in [-0.3, -0.25) is 4.79 Å². The van der Waals surface area contributed by atoms with Crippen LogP contribution >= 0.6 is 0 Å². The summed E-state index contributed by atoms with van der Waals surface area (Å²) in [5.41, 5.74) is 8.72. The minimum Gasteiger partial charge on any atom is -0.444 e. The molecule has 23 heavy (non-hydrogen) atoms. The topological polar surface area (TPSA) is 91.9 Å². The quantitative estimate of drug-likeness (QED) is 0.847. The van der Waals surface area contributed by atoms with Crippen LogP contribution in [0.2, 0.25) is 0 Å². The minimum absolute atomic E-state index is 0.0433. The number of allylic oxidation sites excluding steroid dienone is 3. The lowest BCUT2D eigenvalue weighted by Crippen LogP contribution is -2.27. The molecule has 0 fully saturated rings. The third-order valence-corrected chi connectivity index (χ3v) is 4.54. The number of benzene rings is 1. The molecule has 0 saturated carbocycles. The SMILES string of the molecule is N#CC1=C(N)OC2=C(C(=O)CCC2)C1c1c[nH]c2ccccc12. The van der Waals surface area contributed by atoms with Crippen molar-refractivity contribution in [1.29, 1.82) is 5.26 Å². The lowest BCUT2D eigenvalue weighted by molar-refractivity contribution is -0.116. The van der Waals surface area contributed by atoms with E-state index >= 15 is 0 Å². The standard InChI is InChI=1S/C18H15N3O2/c19-8-11-16(12-9-21-13-5-2-1-4-10(12)13)17-14(22)6-3-7-15(17)23-18(11)20/h1-2,4-5,9,16,21H,3,6-7,20H2. The summed E-state index contributed by atoms with van der Waals surface area (Å²) in [6.07, 6.45) is 3.78. The molecule has 1 aromatic carbocycles. The highest BCUT2D eigenvalue weighted by molar-refractivity contribution is 6.00. The van der Waals surface area contributed by atoms with Gasteiger partial charge in [0.15, 0.2) is 5.78 Å². The van der Waals surface area contributed by atoms with Gasteiger partial charge in [0.05, 0.1) is 5.92 Å². The molecule has 2 aromatic rings. The molecule has 0 radical (unpaired) electrons. The van der Waals surface area contributed by atoms with Crippen molar-refractivity contribution in [3.63, 3.8) is 0 Å². The van der Waals surface area contributed by atoms with Crippen molar-refractivity contribution in [2.45, 2.75) is 25.2 Å². The van der Waals surface area contributed by atoms with Crippen LogP contribution in [0.5, 0.6) is 0 Å². The smallest absolute Gasteiger partial charge is 0.205 e. The number of ketones is 1. The van der Waals surface area contributed by atoms with E-state index in [2.05, 4.69) is 11.1 Å². The first-order valence-electron chi connectivity index (χ1n) is 7.60. The molecule has 0 saturated heterocycles. The normalized spacial score (nSPS) is 21.2. The van der Waals surface area contributed by atoms with Crippen molar-refractivity contribution in [3.8, 4) is 6.07 Å². The summed E-state index contributed by atoms with van der Waals surface area (Å²) in [6, 6.07) is 9.97. The first kappa shape index (κ1) is 13.6. The Hall–Kier alpha value is -3.00. The van der Waals surface area contributed by atoms with Crippen molar-refractivity contribution in [2.75, 3.05) is 0 Å². The Morgan fingerprint density at radius 1 is 1.30 bits per heavy atom. The molecule has 5 nitrogen and oxygen atoms in total. The Bertz CT molecular complexity index is 927. The number of hydrogen-bond acceptors (Lipinski definition) is 4. The van der Waals surface area contributed by atoms with E-state index in [-0.39, 0.29) is 11.7 Å². The number of Topliss-reactive ketones (excluding diaryl/α,β-unsaturated/α-hetero) is 1. The van der Waals surface area contributed by atoms with E-state index in [0.29, 0.717) is 29.7 Å². The molecule has 4 rings (SSSR count). The Morgan fingerprint density at radius 3 is 2.96 bits per heavy atom. The van der Waals surface area contributed by atoms with Crippen LogP contribution < -0.4 is 5.73 Å². The van der Waals surface area contributed by atoms with E-state index in [1.807, 2.05) is 30.5 Å². The summed E-state index contributed by atoms with van der Waals surface area (Å²) in [5.74, 6) is 0.318. The predicted molar refractivity (Wildman–Crippen MR) is 84.8 cm³/mol. The number of aromatic nitrogens is 1. The highest BCUT2D eigenvalue weighted by atomic mass is 16.5. The maximum absolute atomic E-state index is 12.5. The fraction of sp³-hybridized carbons (Fsp3) is 0.222. The maximum Gasteiger partial charge on any atom is 0.205 e. The Labute approximate surface area is 133 Å². The van der Waals surface area contributed by atoms with Gasteiger partial charge in [-0.05, 0) is 18.1 Å². The van der Waals surface area contributed by atoms with Crippen LogP contribution in [-0.2, 0) is 9.53 Å². The molecule has 1 unspecified atom stereocenters. The zero-order chi connectivity index (χ0) is 16.0. The second-order valence-electron chi connectivity index (χ2n) is 5.83. The molecular weight excluding hydrogens is 290 g/mol. The first-order valence-corrected chi connectivity index (χ1v) is 7.60. The summed E-state index contributed by atoms with van der Waals surface area (Å²) in [4.78, 5) is 15.7. The third kappa shape index (κ3) is 1.95. The predicted octanol–water partition coefficient (Wildman–Crippen LogP) is 2.98. The highest BCUT2D eigenvalue weighted by Crippen LogP contribution is 2.45. The third-order valence-electron chi connectivity index (χ3n) is 4.54. The number of nitrogens with one attached hydrogen (secondary N) is 1. The van der Waals surface area contributed by atoms with Crippen molar-refractivity contribution in [2.24, 2.45) is 5.73 Å². The number of nitrogens with two attached hydrogens (primary N) is 1. The average molecular weight is 305 g/mol. The van der Waals surface area contributed by atoms with Gasteiger partial charge in [0.2, 0.25) is 5.88 Å². The summed E-state index contributed by atoms with van der Waals surface area (Å²) in [5, 5.41) is 10.6. The van der Waals surface area contributed by atoms with Gasteiger partial charge in [-0.25, -0.2) is 0 Å². The highest BCUT2D eigenvalue weighted by Gasteiger charge is 2.38. The number of nitrogens with zero attached hydrogens (tertiary/aromatic N) is 1. The molecule has 5 heteroatoms. The number of carbonyl (C=O) groups excluding carboxylic acids is 1. The van der Waals surface area contributed by atoms with Crippen molar-refractivity contribution in [3.05, 3.63) is 58.8 Å². The van der Waals surface area contributed by atoms with E-state index in [9.17, 15) is 10.1 Å². The fourth-order valence-electron chi connectivity index (χ4n) is 3.50. The number of nitriles is 1. The molecule has 2 heterocycles. The van der Waals surface area contributed by atoms with Gasteiger partial charge < -0.3 is 15.5 Å². The van der Waals surface area contributed by atoms with Gasteiger partial charge in [-0.15, -0.1) is 0 Å². The van der Waals surface area contributed by atoms with Gasteiger partial charge in [0, 0.05) is 35.5 Å². The monoisotopic (exact) mass is 305 g/mol. The van der Waals surface area contributed by atoms with Crippen LogP contribution in [0.15, 0.2) is 53.3 Å². The van der Waals surface area contributed by atoms with E-state index in [4.69, 9.17) is 10.5 Å². The molecule has 114 valence electrons. The molecule has 1 aliphatic carbocycles. The number of para-hydroxylation sites is 1. The van der Waals surface area contributed by atoms with Crippen molar-refractivity contribution < 1.29 is 9.53 Å². The Kier molecular flexibility index (Phi) is 2.98. The second kappa shape index (κ2) is 5.03. The lowest BCUT2D eigenvalue weighted by Gasteiger charge is -2.30. The van der Waals surface area contributed by atoms with Gasteiger partial charge in [-0.2, -0.15) is 5.26 Å². The molecule has 3 N–H and O–H groups in total. The zero-order valence-electron chi connectivity index (χ0n) is 12.4. The number of aromatic amines is 1. The zero-order valence-corrected chi connectivity index (χ0v) is 12.4. The molecular formula is C18H15N3O2. The van der Waals surface area contributed by atoms with Crippen LogP contribution in [0.4, 0.5) is 0 Å². The largest absolute Gasteiger partial charge is 0.444 e. The van der Waals surface area contributed by atoms with E-state index < -0.39 is 5.92 Å². The summed E-state index contributed by atoms with van der Waals surface area (Å²) < 4.78 is 5.59. The van der Waals surface area contributed by atoms with Gasteiger partial charge in [-0.1, -0.05) is 18.2 Å². The molecule has 2 aliphatic rings. The molecule has 1 aromatic heterocycles. The Balaban J connectivity index is 1.98. The van der Waals surface area contributed by atoms with Gasteiger partial charge in [0.1, 0.15) is 17.4 Å². The summed E-state index contributed by atoms with van der Waals surface area (Å²) in [6.45, 7) is 0. The number of carbonyl (C=O) groups is 1. The van der Waals surface area contributed by atoms with Gasteiger partial charge >= 0.3 is 0 Å². The van der Waals surface area contributed by atoms with Crippen LogP contribution in [0.3, 0.4) is 0 Å². The lowest BCUT2D eigenvalue weighted by atomic mass is 9.77. The van der Waals surface area contributed by atoms with Crippen molar-refractivity contribution in [1.82, 2.24) is 4.98 Å². The number of hydrogen-bond donors (Lipinski definition) is 2. The van der Waals surface area contributed by atoms with E-state index in [0.717, 1.165) is 22.9 Å². The Morgan fingerprint density at radius 2 is 2.13 bits per heavy atom. The van der Waals surface area contributed by atoms with Crippen LogP contribution in [0.25, 0.3) is 10.9 Å². The van der Waals surface area contributed by atoms with Crippen LogP contribution in [0.1, 0.15) is 30.7 Å². The number of ether oxygens (including phenoxy) is 1. The summed E-state index contributed by atoms with van der Waals surface area (Å²) in [7, 11) is 0. The number of fused-ring (bicyclic) bond motifs is 1.